The van der Waals surface area contributed by atoms with E-state index in [2.05, 4.69) is 27.6 Å². The first-order valence-electron chi connectivity index (χ1n) is 5.16. The topological polar surface area (TPSA) is 28.2 Å². The van der Waals surface area contributed by atoms with Crippen LogP contribution in [0.1, 0.15) is 17.8 Å². The summed E-state index contributed by atoms with van der Waals surface area (Å²) < 4.78 is 0. The molecule has 5 heteroatoms. The first-order valence-corrected chi connectivity index (χ1v) is 6.04. The Morgan fingerprint density at radius 2 is 2.53 bits per heavy atom. The molecule has 1 saturated heterocycles. The Kier molecular flexibility index (Phi) is 5.53. The van der Waals surface area contributed by atoms with E-state index in [0.29, 0.717) is 6.04 Å². The molecule has 0 radical (unpaired) electrons. The highest BCUT2D eigenvalue weighted by Crippen LogP contribution is 2.14. The average molecular weight is 248 g/mol. The third kappa shape index (κ3) is 3.72. The molecule has 1 N–H and O–H groups in total. The Balaban J connectivity index is 0.00000112. The average Bonchev–Trinajstić information content (AvgIpc) is 2.71. The van der Waals surface area contributed by atoms with E-state index in [1.54, 1.807) is 11.3 Å². The molecule has 3 nitrogen and oxygen atoms in total. The minimum absolute atomic E-state index is 0. The van der Waals surface area contributed by atoms with Gasteiger partial charge in [0.25, 0.3) is 0 Å². The molecule has 1 aromatic rings. The predicted molar refractivity (Wildman–Crippen MR) is 66.7 cm³/mol. The lowest BCUT2D eigenvalue weighted by atomic mass is 10.1. The largest absolute Gasteiger partial charge is 0.316 e. The third-order valence-electron chi connectivity index (χ3n) is 2.76. The van der Waals surface area contributed by atoms with E-state index >= 15 is 0 Å². The van der Waals surface area contributed by atoms with Gasteiger partial charge in [-0.1, -0.05) is 0 Å². The summed E-state index contributed by atoms with van der Waals surface area (Å²) in [5, 5.41) is 6.64. The van der Waals surface area contributed by atoms with Crippen LogP contribution in [0.5, 0.6) is 0 Å². The number of thiazole rings is 1. The van der Waals surface area contributed by atoms with E-state index in [1.165, 1.54) is 24.4 Å². The Labute approximate surface area is 101 Å². The summed E-state index contributed by atoms with van der Waals surface area (Å²) in [6.45, 7) is 3.41. The molecule has 2 rings (SSSR count). The van der Waals surface area contributed by atoms with E-state index in [9.17, 15) is 0 Å². The van der Waals surface area contributed by atoms with Crippen LogP contribution in [-0.4, -0.2) is 36.1 Å². The molecule has 0 aromatic carbocycles. The van der Waals surface area contributed by atoms with Crippen molar-refractivity contribution in [2.75, 3.05) is 20.1 Å². The SMILES string of the molecule is CNC1CCCN(Cc2nccs2)C1.Cl. The lowest BCUT2D eigenvalue weighted by molar-refractivity contribution is 0.188. The molecule has 0 saturated carbocycles. The second kappa shape index (κ2) is 6.43. The Morgan fingerprint density at radius 1 is 1.67 bits per heavy atom. The summed E-state index contributed by atoms with van der Waals surface area (Å²) in [5.74, 6) is 0. The maximum Gasteiger partial charge on any atom is 0.107 e. The second-order valence-electron chi connectivity index (χ2n) is 3.79. The monoisotopic (exact) mass is 247 g/mol. The van der Waals surface area contributed by atoms with Gasteiger partial charge in [0.15, 0.2) is 0 Å². The molecule has 0 spiro atoms. The summed E-state index contributed by atoms with van der Waals surface area (Å²) in [4.78, 5) is 6.81. The van der Waals surface area contributed by atoms with Gasteiger partial charge < -0.3 is 5.32 Å². The normalized spacial score (nSPS) is 22.3. The first-order chi connectivity index (χ1) is 6.88. The molecule has 15 heavy (non-hydrogen) atoms. The molecule has 0 amide bonds. The standard InChI is InChI=1S/C10H17N3S.ClH/c1-11-9-3-2-5-13(7-9)8-10-12-4-6-14-10;/h4,6,9,11H,2-3,5,7-8H2,1H3;1H. The Bertz CT molecular complexity index is 266. The number of rotatable bonds is 3. The summed E-state index contributed by atoms with van der Waals surface area (Å²) in [6, 6.07) is 0.670. The summed E-state index contributed by atoms with van der Waals surface area (Å²) in [6.07, 6.45) is 4.50. The van der Waals surface area contributed by atoms with Crippen LogP contribution in [0.4, 0.5) is 0 Å². The maximum atomic E-state index is 4.32. The fourth-order valence-corrected chi connectivity index (χ4v) is 2.61. The molecule has 86 valence electrons. The number of nitrogens with one attached hydrogen (secondary N) is 1. The fraction of sp³-hybridized carbons (Fsp3) is 0.700. The van der Waals surface area contributed by atoms with Crippen molar-refractivity contribution in [1.29, 1.82) is 0 Å². The van der Waals surface area contributed by atoms with Gasteiger partial charge in [-0.25, -0.2) is 4.98 Å². The van der Waals surface area contributed by atoms with Crippen molar-refractivity contribution in [2.45, 2.75) is 25.4 Å². The molecule has 1 aliphatic rings. The number of piperidine rings is 1. The molecule has 0 aliphatic carbocycles. The highest BCUT2D eigenvalue weighted by Gasteiger charge is 2.18. The van der Waals surface area contributed by atoms with Crippen LogP contribution in [0.25, 0.3) is 0 Å². The van der Waals surface area contributed by atoms with E-state index in [-0.39, 0.29) is 12.4 Å². The van der Waals surface area contributed by atoms with Gasteiger partial charge in [0.05, 0.1) is 6.54 Å². The minimum atomic E-state index is 0. The number of aromatic nitrogens is 1. The predicted octanol–water partition coefficient (Wildman–Crippen LogP) is 1.75. The van der Waals surface area contributed by atoms with E-state index < -0.39 is 0 Å². The number of halogens is 1. The lowest BCUT2D eigenvalue weighted by Crippen LogP contribution is -2.43. The van der Waals surface area contributed by atoms with Gasteiger partial charge in [-0.05, 0) is 26.4 Å². The van der Waals surface area contributed by atoms with Gasteiger partial charge in [-0.15, -0.1) is 23.7 Å². The van der Waals surface area contributed by atoms with Gasteiger partial charge in [-0.3, -0.25) is 4.90 Å². The van der Waals surface area contributed by atoms with Gasteiger partial charge in [-0.2, -0.15) is 0 Å². The van der Waals surface area contributed by atoms with E-state index in [0.717, 1.165) is 13.1 Å². The molecule has 1 aliphatic heterocycles. The van der Waals surface area contributed by atoms with Crippen LogP contribution >= 0.6 is 23.7 Å². The van der Waals surface area contributed by atoms with Crippen LogP contribution in [0.15, 0.2) is 11.6 Å². The van der Waals surface area contributed by atoms with Crippen LogP contribution in [0.2, 0.25) is 0 Å². The molecular weight excluding hydrogens is 230 g/mol. The van der Waals surface area contributed by atoms with Crippen molar-refractivity contribution in [2.24, 2.45) is 0 Å². The Hall–Kier alpha value is -0.160. The first kappa shape index (κ1) is 12.9. The van der Waals surface area contributed by atoms with Crippen LogP contribution in [0, 0.1) is 0 Å². The molecule has 2 heterocycles. The third-order valence-corrected chi connectivity index (χ3v) is 3.52. The molecule has 1 fully saturated rings. The van der Waals surface area contributed by atoms with E-state index in [4.69, 9.17) is 0 Å². The molecule has 0 bridgehead atoms. The lowest BCUT2D eigenvalue weighted by Gasteiger charge is -2.31. The van der Waals surface area contributed by atoms with Crippen molar-refractivity contribution in [3.63, 3.8) is 0 Å². The molecular formula is C10H18ClN3S. The highest BCUT2D eigenvalue weighted by molar-refractivity contribution is 7.09. The summed E-state index contributed by atoms with van der Waals surface area (Å²) in [5.41, 5.74) is 0. The molecule has 1 aromatic heterocycles. The summed E-state index contributed by atoms with van der Waals surface area (Å²) in [7, 11) is 2.05. The number of hydrogen-bond donors (Lipinski definition) is 1. The van der Waals surface area contributed by atoms with Gasteiger partial charge in [0.2, 0.25) is 0 Å². The van der Waals surface area contributed by atoms with Crippen molar-refractivity contribution in [3.8, 4) is 0 Å². The van der Waals surface area contributed by atoms with Crippen LogP contribution < -0.4 is 5.32 Å². The number of likely N-dealkylation sites (N-methyl/N-ethyl adjacent to an activating group) is 1. The quantitative estimate of drug-likeness (QED) is 0.882. The summed E-state index contributed by atoms with van der Waals surface area (Å²) >= 11 is 1.75. The maximum absolute atomic E-state index is 4.32. The zero-order valence-electron chi connectivity index (χ0n) is 8.98. The van der Waals surface area contributed by atoms with Gasteiger partial charge >= 0.3 is 0 Å². The second-order valence-corrected chi connectivity index (χ2v) is 4.77. The Morgan fingerprint density at radius 3 is 3.20 bits per heavy atom. The van der Waals surface area contributed by atoms with Crippen molar-refractivity contribution < 1.29 is 0 Å². The van der Waals surface area contributed by atoms with Crippen molar-refractivity contribution >= 4 is 23.7 Å². The van der Waals surface area contributed by atoms with Crippen LogP contribution in [-0.2, 0) is 6.54 Å². The van der Waals surface area contributed by atoms with E-state index in [1.807, 2.05) is 6.20 Å². The zero-order chi connectivity index (χ0) is 9.80. The zero-order valence-corrected chi connectivity index (χ0v) is 10.6. The highest BCUT2D eigenvalue weighted by atomic mass is 35.5. The fourth-order valence-electron chi connectivity index (χ4n) is 1.96. The molecule has 1 unspecified atom stereocenters. The number of hydrogen-bond acceptors (Lipinski definition) is 4. The smallest absolute Gasteiger partial charge is 0.107 e. The molecule has 1 atom stereocenters. The number of nitrogens with zero attached hydrogens (tertiary/aromatic N) is 2. The van der Waals surface area contributed by atoms with Crippen molar-refractivity contribution in [1.82, 2.24) is 15.2 Å². The van der Waals surface area contributed by atoms with Gasteiger partial charge in [0.1, 0.15) is 5.01 Å². The minimum Gasteiger partial charge on any atom is -0.316 e. The number of likely N-dealkylation sites (tertiary alicyclic amines) is 1. The van der Waals surface area contributed by atoms with Crippen molar-refractivity contribution in [3.05, 3.63) is 16.6 Å². The van der Waals surface area contributed by atoms with Gasteiger partial charge in [0, 0.05) is 24.2 Å². The van der Waals surface area contributed by atoms with Crippen LogP contribution in [0.3, 0.4) is 0 Å².